The lowest BCUT2D eigenvalue weighted by atomic mass is 10.2. The van der Waals surface area contributed by atoms with Gasteiger partial charge in [-0.3, -0.25) is 4.98 Å². The third-order valence-electron chi connectivity index (χ3n) is 4.37. The molecular formula is C20H22FN5O3. The van der Waals surface area contributed by atoms with Crippen LogP contribution in [0.5, 0.6) is 0 Å². The average Bonchev–Trinajstić information content (AvgIpc) is 3.08. The number of ether oxygens (including phenoxy) is 1. The number of rotatable bonds is 8. The number of halogens is 1. The van der Waals surface area contributed by atoms with E-state index >= 15 is 0 Å². The van der Waals surface area contributed by atoms with Crippen molar-refractivity contribution in [1.29, 1.82) is 0 Å². The molecule has 29 heavy (non-hydrogen) atoms. The fourth-order valence-corrected chi connectivity index (χ4v) is 2.89. The summed E-state index contributed by atoms with van der Waals surface area (Å²) in [5.41, 5.74) is 2.26. The Kier molecular flexibility index (Phi) is 6.63. The van der Waals surface area contributed by atoms with Crippen molar-refractivity contribution in [3.8, 4) is 0 Å². The number of benzene rings is 1. The molecule has 0 saturated carbocycles. The Hall–Kier alpha value is -3.17. The Morgan fingerprint density at radius 2 is 1.90 bits per heavy atom. The first kappa shape index (κ1) is 20.6. The van der Waals surface area contributed by atoms with Crippen molar-refractivity contribution in [2.45, 2.75) is 33.2 Å². The highest BCUT2D eigenvalue weighted by atomic mass is 19.1. The number of hydrogen-bond acceptors (Lipinski definition) is 7. The van der Waals surface area contributed by atoms with E-state index in [1.54, 1.807) is 18.2 Å². The number of hydrogen-bond donors (Lipinski definition) is 2. The highest BCUT2D eigenvalue weighted by Crippen LogP contribution is 2.11. The number of aliphatic hydroxyl groups excluding tert-OH is 1. The van der Waals surface area contributed by atoms with E-state index in [4.69, 9.17) is 4.74 Å². The van der Waals surface area contributed by atoms with E-state index in [0.29, 0.717) is 36.6 Å². The molecule has 0 saturated heterocycles. The third-order valence-corrected chi connectivity index (χ3v) is 4.37. The van der Waals surface area contributed by atoms with Crippen molar-refractivity contribution < 1.29 is 19.0 Å². The Bertz CT molecular complexity index is 988. The molecule has 2 heterocycles. The van der Waals surface area contributed by atoms with Gasteiger partial charge in [-0.15, -0.1) is 10.2 Å². The number of aromatic nitrogens is 4. The summed E-state index contributed by atoms with van der Waals surface area (Å²) in [5, 5.41) is 20.9. The summed E-state index contributed by atoms with van der Waals surface area (Å²) in [6.07, 6.45) is 0. The van der Waals surface area contributed by atoms with Gasteiger partial charge in [-0.1, -0.05) is 12.1 Å². The van der Waals surface area contributed by atoms with Gasteiger partial charge in [0.2, 0.25) is 0 Å². The summed E-state index contributed by atoms with van der Waals surface area (Å²) in [6.45, 7) is 2.89. The Labute approximate surface area is 167 Å². The number of nitrogens with zero attached hydrogens (tertiary/aromatic N) is 4. The summed E-state index contributed by atoms with van der Waals surface area (Å²) < 4.78 is 19.8. The van der Waals surface area contributed by atoms with Crippen LogP contribution in [0.1, 0.15) is 39.0 Å². The number of pyridine rings is 1. The molecule has 3 aromatic rings. The van der Waals surface area contributed by atoms with Gasteiger partial charge < -0.3 is 19.7 Å². The number of nitrogens with one attached hydrogen (secondary N) is 1. The molecule has 152 valence electrons. The van der Waals surface area contributed by atoms with Crippen molar-refractivity contribution >= 4 is 5.97 Å². The molecule has 0 atom stereocenters. The fourth-order valence-electron chi connectivity index (χ4n) is 2.89. The van der Waals surface area contributed by atoms with Crippen LogP contribution in [0.2, 0.25) is 0 Å². The monoisotopic (exact) mass is 399 g/mol. The largest absolute Gasteiger partial charge is 0.465 e. The molecule has 0 aliphatic carbocycles. The van der Waals surface area contributed by atoms with Crippen LogP contribution in [0, 0.1) is 12.7 Å². The fraction of sp³-hybridized carbons (Fsp3) is 0.300. The molecule has 8 nitrogen and oxygen atoms in total. The zero-order valence-corrected chi connectivity index (χ0v) is 16.2. The lowest BCUT2D eigenvalue weighted by Crippen LogP contribution is -2.19. The zero-order valence-electron chi connectivity index (χ0n) is 16.2. The van der Waals surface area contributed by atoms with Gasteiger partial charge >= 0.3 is 5.97 Å². The second kappa shape index (κ2) is 9.35. The van der Waals surface area contributed by atoms with Crippen molar-refractivity contribution in [3.63, 3.8) is 0 Å². The van der Waals surface area contributed by atoms with Gasteiger partial charge in [-0.2, -0.15) is 0 Å². The molecule has 0 aliphatic heterocycles. The van der Waals surface area contributed by atoms with Crippen LogP contribution in [0.25, 0.3) is 0 Å². The molecule has 1 aromatic carbocycles. The number of aliphatic hydroxyl groups is 1. The van der Waals surface area contributed by atoms with Gasteiger partial charge in [-0.05, 0) is 36.8 Å². The molecule has 0 aliphatic rings. The Morgan fingerprint density at radius 3 is 2.59 bits per heavy atom. The summed E-state index contributed by atoms with van der Waals surface area (Å²) in [6, 6.07) is 9.41. The smallest absolute Gasteiger partial charge is 0.337 e. The third kappa shape index (κ3) is 5.21. The number of methoxy groups -OCH3 is 1. The van der Waals surface area contributed by atoms with E-state index in [1.165, 1.54) is 25.3 Å². The van der Waals surface area contributed by atoms with E-state index in [9.17, 15) is 14.3 Å². The van der Waals surface area contributed by atoms with Crippen LogP contribution in [0.3, 0.4) is 0 Å². The molecule has 2 aromatic heterocycles. The molecule has 0 amide bonds. The standard InChI is InChI=1S/C20H22FN5O3/c1-13-24-25-19(26(13)11-14-3-5-16(21)6-4-14)10-22-9-17-7-15(20(28)29-2)8-18(12-27)23-17/h3-8,22,27H,9-12H2,1-2H3. The van der Waals surface area contributed by atoms with Crippen molar-refractivity contribution in [3.05, 3.63) is 76.4 Å². The van der Waals surface area contributed by atoms with E-state index in [-0.39, 0.29) is 12.4 Å². The van der Waals surface area contributed by atoms with E-state index in [1.807, 2.05) is 11.5 Å². The molecule has 9 heteroatoms. The molecule has 3 rings (SSSR count). The molecular weight excluding hydrogens is 377 g/mol. The normalized spacial score (nSPS) is 10.9. The minimum atomic E-state index is -0.488. The van der Waals surface area contributed by atoms with Crippen LogP contribution < -0.4 is 5.32 Å². The SMILES string of the molecule is COC(=O)c1cc(CO)nc(CNCc2nnc(C)n2Cc2ccc(F)cc2)c1. The summed E-state index contributed by atoms with van der Waals surface area (Å²) in [7, 11) is 1.30. The second-order valence-electron chi connectivity index (χ2n) is 6.47. The minimum absolute atomic E-state index is 0.275. The van der Waals surface area contributed by atoms with Gasteiger partial charge in [0.1, 0.15) is 17.5 Å². The van der Waals surface area contributed by atoms with Gasteiger partial charge in [0.05, 0.1) is 43.8 Å². The van der Waals surface area contributed by atoms with Gasteiger partial charge in [0, 0.05) is 6.54 Å². The topological polar surface area (TPSA) is 102 Å². The first-order valence-electron chi connectivity index (χ1n) is 9.03. The minimum Gasteiger partial charge on any atom is -0.465 e. The summed E-state index contributed by atoms with van der Waals surface area (Å²) >= 11 is 0. The predicted molar refractivity (Wildman–Crippen MR) is 102 cm³/mol. The van der Waals surface area contributed by atoms with Crippen molar-refractivity contribution in [2.24, 2.45) is 0 Å². The van der Waals surface area contributed by atoms with E-state index in [2.05, 4.69) is 20.5 Å². The van der Waals surface area contributed by atoms with Crippen molar-refractivity contribution in [1.82, 2.24) is 25.1 Å². The van der Waals surface area contributed by atoms with Crippen LogP contribution in [-0.2, 0) is 31.0 Å². The maximum atomic E-state index is 13.1. The maximum Gasteiger partial charge on any atom is 0.337 e. The van der Waals surface area contributed by atoms with Crippen LogP contribution >= 0.6 is 0 Å². The first-order valence-corrected chi connectivity index (χ1v) is 9.03. The van der Waals surface area contributed by atoms with Gasteiger partial charge in [0.15, 0.2) is 0 Å². The quantitative estimate of drug-likeness (QED) is 0.556. The summed E-state index contributed by atoms with van der Waals surface area (Å²) in [5.74, 6) is 0.705. The molecule has 0 bridgehead atoms. The van der Waals surface area contributed by atoms with Crippen LogP contribution in [0.15, 0.2) is 36.4 Å². The summed E-state index contributed by atoms with van der Waals surface area (Å²) in [4.78, 5) is 16.1. The predicted octanol–water partition coefficient (Wildman–Crippen LogP) is 1.74. The van der Waals surface area contributed by atoms with Gasteiger partial charge in [-0.25, -0.2) is 9.18 Å². The lowest BCUT2D eigenvalue weighted by Gasteiger charge is -2.11. The van der Waals surface area contributed by atoms with Gasteiger partial charge in [0.25, 0.3) is 0 Å². The Morgan fingerprint density at radius 1 is 1.17 bits per heavy atom. The average molecular weight is 399 g/mol. The number of carbonyl (C=O) groups excluding carboxylic acids is 1. The highest BCUT2D eigenvalue weighted by molar-refractivity contribution is 5.89. The molecule has 0 spiro atoms. The molecule has 0 fully saturated rings. The number of aryl methyl sites for hydroxylation is 1. The van der Waals surface area contributed by atoms with Crippen molar-refractivity contribution in [2.75, 3.05) is 7.11 Å². The van der Waals surface area contributed by atoms with Crippen LogP contribution in [0.4, 0.5) is 4.39 Å². The Balaban J connectivity index is 1.68. The maximum absolute atomic E-state index is 13.1. The number of esters is 1. The molecule has 0 radical (unpaired) electrons. The second-order valence-corrected chi connectivity index (χ2v) is 6.47. The van der Waals surface area contributed by atoms with Crippen LogP contribution in [-0.4, -0.2) is 37.9 Å². The van der Waals surface area contributed by atoms with E-state index in [0.717, 1.165) is 17.2 Å². The first-order chi connectivity index (χ1) is 14.0. The number of carbonyl (C=O) groups is 1. The highest BCUT2D eigenvalue weighted by Gasteiger charge is 2.12. The molecule has 2 N–H and O–H groups in total. The molecule has 0 unspecified atom stereocenters. The van der Waals surface area contributed by atoms with E-state index < -0.39 is 5.97 Å². The zero-order chi connectivity index (χ0) is 20.8. The lowest BCUT2D eigenvalue weighted by molar-refractivity contribution is 0.0600.